The molecule has 0 aromatic heterocycles. The fourth-order valence-corrected chi connectivity index (χ4v) is 1.92. The van der Waals surface area contributed by atoms with Gasteiger partial charge in [0.1, 0.15) is 5.75 Å². The van der Waals surface area contributed by atoms with Crippen molar-refractivity contribution in [2.45, 2.75) is 12.8 Å². The zero-order valence-corrected chi connectivity index (χ0v) is 11.3. The van der Waals surface area contributed by atoms with E-state index >= 15 is 0 Å². The predicted octanol–water partition coefficient (Wildman–Crippen LogP) is 4.08. The highest BCUT2D eigenvalue weighted by Gasteiger charge is 2.01. The Morgan fingerprint density at radius 3 is 2.32 bits per heavy atom. The molecule has 0 fully saturated rings. The Balaban J connectivity index is 1.75. The van der Waals surface area contributed by atoms with Crippen molar-refractivity contribution in [3.8, 4) is 5.75 Å². The number of aryl methyl sites for hydroxylation is 1. The Kier molecular flexibility index (Phi) is 4.99. The van der Waals surface area contributed by atoms with Gasteiger partial charge in [0.25, 0.3) is 5.24 Å². The van der Waals surface area contributed by atoms with E-state index in [-0.39, 0.29) is 0 Å². The number of carbonyl (C=O) groups is 1. The summed E-state index contributed by atoms with van der Waals surface area (Å²) in [7, 11) is 0. The molecule has 0 spiro atoms. The van der Waals surface area contributed by atoms with Crippen molar-refractivity contribution in [3.63, 3.8) is 0 Å². The standard InChI is InChI=1S/C16H15ClO2/c17-16(18)14-8-10-15(11-9-14)19-12-4-7-13-5-2-1-3-6-13/h1-3,5-6,8-11H,4,7,12H2. The fraction of sp³-hybridized carbons (Fsp3) is 0.188. The average molecular weight is 275 g/mol. The predicted molar refractivity (Wildman–Crippen MR) is 76.9 cm³/mol. The first kappa shape index (κ1) is 13.6. The number of ether oxygens (including phenoxy) is 1. The summed E-state index contributed by atoms with van der Waals surface area (Å²) >= 11 is 5.37. The lowest BCUT2D eigenvalue weighted by molar-refractivity contribution is 0.108. The van der Waals surface area contributed by atoms with Crippen LogP contribution in [0, 0.1) is 0 Å². The van der Waals surface area contributed by atoms with Crippen LogP contribution in [-0.4, -0.2) is 11.8 Å². The van der Waals surface area contributed by atoms with Crippen molar-refractivity contribution in [2.75, 3.05) is 6.61 Å². The van der Waals surface area contributed by atoms with Gasteiger partial charge in [-0.3, -0.25) is 4.79 Å². The molecule has 0 atom stereocenters. The summed E-state index contributed by atoms with van der Waals surface area (Å²) < 4.78 is 5.61. The maximum atomic E-state index is 10.9. The fourth-order valence-electron chi connectivity index (χ4n) is 1.79. The smallest absolute Gasteiger partial charge is 0.252 e. The van der Waals surface area contributed by atoms with E-state index in [1.54, 1.807) is 24.3 Å². The van der Waals surface area contributed by atoms with Gasteiger partial charge in [-0.1, -0.05) is 30.3 Å². The Morgan fingerprint density at radius 2 is 1.68 bits per heavy atom. The molecule has 0 unspecified atom stereocenters. The maximum absolute atomic E-state index is 10.9. The van der Waals surface area contributed by atoms with E-state index in [0.717, 1.165) is 18.6 Å². The van der Waals surface area contributed by atoms with Crippen LogP contribution < -0.4 is 4.74 Å². The topological polar surface area (TPSA) is 26.3 Å². The summed E-state index contributed by atoms with van der Waals surface area (Å²) in [5.74, 6) is 0.759. The van der Waals surface area contributed by atoms with E-state index in [9.17, 15) is 4.79 Å². The van der Waals surface area contributed by atoms with Crippen LogP contribution in [0.1, 0.15) is 22.3 Å². The summed E-state index contributed by atoms with van der Waals surface area (Å²) in [6, 6.07) is 17.2. The van der Waals surface area contributed by atoms with Gasteiger partial charge in [0.05, 0.1) is 6.61 Å². The molecule has 2 aromatic carbocycles. The first-order chi connectivity index (χ1) is 9.25. The lowest BCUT2D eigenvalue weighted by atomic mass is 10.1. The second-order valence-corrected chi connectivity index (χ2v) is 4.58. The number of halogens is 1. The average Bonchev–Trinajstić information content (AvgIpc) is 2.45. The Bertz CT molecular complexity index is 520. The molecule has 0 heterocycles. The quantitative estimate of drug-likeness (QED) is 0.586. The molecule has 0 bridgehead atoms. The minimum absolute atomic E-state index is 0.448. The van der Waals surface area contributed by atoms with Gasteiger partial charge in [-0.2, -0.15) is 0 Å². The molecule has 98 valence electrons. The molecule has 0 aliphatic heterocycles. The molecule has 0 amide bonds. The van der Waals surface area contributed by atoms with Crippen molar-refractivity contribution in [1.29, 1.82) is 0 Å². The second-order valence-electron chi connectivity index (χ2n) is 4.24. The van der Waals surface area contributed by atoms with E-state index in [2.05, 4.69) is 12.1 Å². The highest BCUT2D eigenvalue weighted by Crippen LogP contribution is 2.14. The number of rotatable bonds is 6. The zero-order chi connectivity index (χ0) is 13.5. The van der Waals surface area contributed by atoms with E-state index in [4.69, 9.17) is 16.3 Å². The Labute approximate surface area is 118 Å². The molecule has 2 aromatic rings. The molecule has 0 saturated carbocycles. The SMILES string of the molecule is O=C(Cl)c1ccc(OCCCc2ccccc2)cc1. The molecule has 0 aliphatic carbocycles. The van der Waals surface area contributed by atoms with Crippen molar-refractivity contribution in [2.24, 2.45) is 0 Å². The molecule has 2 nitrogen and oxygen atoms in total. The van der Waals surface area contributed by atoms with Crippen LogP contribution in [0.15, 0.2) is 54.6 Å². The number of carbonyl (C=O) groups excluding carboxylic acids is 1. The van der Waals surface area contributed by atoms with Gasteiger partial charge in [-0.05, 0) is 54.3 Å². The molecule has 0 N–H and O–H groups in total. The van der Waals surface area contributed by atoms with Crippen molar-refractivity contribution in [3.05, 3.63) is 65.7 Å². The summed E-state index contributed by atoms with van der Waals surface area (Å²) in [6.45, 7) is 0.656. The lowest BCUT2D eigenvalue weighted by Crippen LogP contribution is -1.99. The minimum Gasteiger partial charge on any atom is -0.494 e. The molecular weight excluding hydrogens is 260 g/mol. The van der Waals surface area contributed by atoms with Gasteiger partial charge < -0.3 is 4.74 Å². The summed E-state index contributed by atoms with van der Waals surface area (Å²) in [5.41, 5.74) is 1.80. The van der Waals surface area contributed by atoms with Gasteiger partial charge in [0, 0.05) is 5.56 Å². The molecule has 19 heavy (non-hydrogen) atoms. The Morgan fingerprint density at radius 1 is 1.00 bits per heavy atom. The largest absolute Gasteiger partial charge is 0.494 e. The molecule has 0 aliphatic rings. The van der Waals surface area contributed by atoms with Crippen LogP contribution in [0.25, 0.3) is 0 Å². The number of hydrogen-bond donors (Lipinski definition) is 0. The van der Waals surface area contributed by atoms with E-state index < -0.39 is 5.24 Å². The summed E-state index contributed by atoms with van der Waals surface area (Å²) in [4.78, 5) is 10.9. The van der Waals surface area contributed by atoms with E-state index in [0.29, 0.717) is 12.2 Å². The number of hydrogen-bond acceptors (Lipinski definition) is 2. The third-order valence-electron chi connectivity index (χ3n) is 2.80. The highest BCUT2D eigenvalue weighted by molar-refractivity contribution is 6.67. The molecular formula is C16H15ClO2. The lowest BCUT2D eigenvalue weighted by Gasteiger charge is -2.06. The third kappa shape index (κ3) is 4.42. The first-order valence-electron chi connectivity index (χ1n) is 6.22. The second kappa shape index (κ2) is 6.95. The summed E-state index contributed by atoms with van der Waals surface area (Å²) in [6.07, 6.45) is 1.96. The monoisotopic (exact) mass is 274 g/mol. The van der Waals surface area contributed by atoms with Crippen molar-refractivity contribution >= 4 is 16.8 Å². The molecule has 0 radical (unpaired) electrons. The summed E-state index contributed by atoms with van der Waals surface area (Å²) in [5, 5.41) is -0.448. The van der Waals surface area contributed by atoms with Gasteiger partial charge >= 0.3 is 0 Å². The van der Waals surface area contributed by atoms with Crippen LogP contribution in [0.2, 0.25) is 0 Å². The van der Waals surface area contributed by atoms with E-state index in [1.807, 2.05) is 18.2 Å². The van der Waals surface area contributed by atoms with Gasteiger partial charge in [-0.15, -0.1) is 0 Å². The van der Waals surface area contributed by atoms with Crippen LogP contribution in [0.5, 0.6) is 5.75 Å². The van der Waals surface area contributed by atoms with Crippen LogP contribution in [0.4, 0.5) is 0 Å². The van der Waals surface area contributed by atoms with Gasteiger partial charge in [0.15, 0.2) is 0 Å². The van der Waals surface area contributed by atoms with Crippen molar-refractivity contribution in [1.82, 2.24) is 0 Å². The molecule has 3 heteroatoms. The highest BCUT2D eigenvalue weighted by atomic mass is 35.5. The van der Waals surface area contributed by atoms with Gasteiger partial charge in [-0.25, -0.2) is 0 Å². The Hall–Kier alpha value is -1.80. The first-order valence-corrected chi connectivity index (χ1v) is 6.60. The molecule has 2 rings (SSSR count). The van der Waals surface area contributed by atoms with Crippen molar-refractivity contribution < 1.29 is 9.53 Å². The van der Waals surface area contributed by atoms with Crippen LogP contribution in [-0.2, 0) is 6.42 Å². The normalized spacial score (nSPS) is 10.2. The minimum atomic E-state index is -0.448. The van der Waals surface area contributed by atoms with Gasteiger partial charge in [0.2, 0.25) is 0 Å². The molecule has 0 saturated heterocycles. The zero-order valence-electron chi connectivity index (χ0n) is 10.5. The van der Waals surface area contributed by atoms with Crippen LogP contribution >= 0.6 is 11.6 Å². The van der Waals surface area contributed by atoms with E-state index in [1.165, 1.54) is 5.56 Å². The number of benzene rings is 2. The van der Waals surface area contributed by atoms with Crippen LogP contribution in [0.3, 0.4) is 0 Å². The maximum Gasteiger partial charge on any atom is 0.252 e. The third-order valence-corrected chi connectivity index (χ3v) is 3.02.